The average molecular weight is 422 g/mol. The molecule has 5 atom stereocenters. The molecular formula is C16H31N5O6S. The van der Waals surface area contributed by atoms with Crippen LogP contribution in [0, 0.1) is 0 Å². The zero-order valence-corrected chi connectivity index (χ0v) is 16.9. The molecule has 162 valence electrons. The van der Waals surface area contributed by atoms with Crippen LogP contribution in [0.2, 0.25) is 0 Å². The number of carboxylic acids is 1. The number of carbonyl (C=O) groups is 4. The maximum atomic E-state index is 12.5. The molecule has 0 aromatic carbocycles. The summed E-state index contributed by atoms with van der Waals surface area (Å²) in [4.78, 5) is 47.6. The van der Waals surface area contributed by atoms with Gasteiger partial charge in [-0.25, -0.2) is 4.79 Å². The van der Waals surface area contributed by atoms with E-state index in [1.165, 1.54) is 13.8 Å². The summed E-state index contributed by atoms with van der Waals surface area (Å²) in [6.07, 6.45) is 0.168. The Bertz CT molecular complexity index is 548. The number of hydrogen-bond acceptors (Lipinski definition) is 8. The van der Waals surface area contributed by atoms with Gasteiger partial charge in [-0.15, -0.1) is 0 Å². The zero-order valence-electron chi connectivity index (χ0n) is 16.1. The van der Waals surface area contributed by atoms with Crippen LogP contribution in [0.15, 0.2) is 0 Å². The molecule has 5 unspecified atom stereocenters. The van der Waals surface area contributed by atoms with Crippen molar-refractivity contribution in [1.29, 1.82) is 0 Å². The van der Waals surface area contributed by atoms with E-state index in [-0.39, 0.29) is 12.2 Å². The lowest BCUT2D eigenvalue weighted by Crippen LogP contribution is -2.57. The third-order valence-corrected chi connectivity index (χ3v) is 4.31. The van der Waals surface area contributed by atoms with Gasteiger partial charge in [0.1, 0.15) is 12.1 Å². The molecule has 28 heavy (non-hydrogen) atoms. The number of amides is 3. The Morgan fingerprint density at radius 1 is 1.00 bits per heavy atom. The van der Waals surface area contributed by atoms with E-state index < -0.39 is 54.0 Å². The lowest BCUT2D eigenvalue weighted by atomic mass is 10.1. The van der Waals surface area contributed by atoms with Gasteiger partial charge in [-0.3, -0.25) is 14.4 Å². The van der Waals surface area contributed by atoms with Crippen LogP contribution in [-0.2, 0) is 19.2 Å². The summed E-state index contributed by atoms with van der Waals surface area (Å²) in [5.74, 6) is -3.28. The third kappa shape index (κ3) is 9.35. The van der Waals surface area contributed by atoms with E-state index >= 15 is 0 Å². The van der Waals surface area contributed by atoms with Crippen LogP contribution >= 0.6 is 12.6 Å². The number of nitrogens with two attached hydrogens (primary N) is 2. The smallest absolute Gasteiger partial charge is 0.328 e. The quantitative estimate of drug-likeness (QED) is 0.116. The monoisotopic (exact) mass is 421 g/mol. The number of thiol groups is 1. The summed E-state index contributed by atoms with van der Waals surface area (Å²) in [5.41, 5.74) is 11.0. The Balaban J connectivity index is 4.98. The summed E-state index contributed by atoms with van der Waals surface area (Å²) in [5, 5.41) is 25.5. The van der Waals surface area contributed by atoms with E-state index in [4.69, 9.17) is 16.6 Å². The summed E-state index contributed by atoms with van der Waals surface area (Å²) in [6, 6.07) is -4.44. The Morgan fingerprint density at radius 3 is 2.07 bits per heavy atom. The molecule has 0 aromatic rings. The van der Waals surface area contributed by atoms with Gasteiger partial charge in [-0.1, -0.05) is 0 Å². The lowest BCUT2D eigenvalue weighted by molar-refractivity contribution is -0.145. The standard InChI is InChI=1S/C16H31N5O6S/c1-8(13(23)21-12(9(2)22)16(26)27)19-15(25)11(5-3-4-6-17)20-14(24)10(18)7-28/h8-12,22,28H,3-7,17-18H2,1-2H3,(H,19,25)(H,20,24)(H,21,23)(H,26,27). The Labute approximate surface area is 169 Å². The summed E-state index contributed by atoms with van der Waals surface area (Å²) in [7, 11) is 0. The first-order chi connectivity index (χ1) is 13.0. The number of nitrogens with one attached hydrogen (secondary N) is 3. The molecule has 0 aliphatic heterocycles. The summed E-state index contributed by atoms with van der Waals surface area (Å²) in [6.45, 7) is 3.00. The summed E-state index contributed by atoms with van der Waals surface area (Å²) < 4.78 is 0. The second-order valence-electron chi connectivity index (χ2n) is 6.43. The predicted octanol–water partition coefficient (Wildman–Crippen LogP) is -2.69. The molecular weight excluding hydrogens is 390 g/mol. The van der Waals surface area contributed by atoms with E-state index in [0.29, 0.717) is 19.4 Å². The normalized spacial score (nSPS) is 16.2. The first kappa shape index (κ1) is 26.1. The van der Waals surface area contributed by atoms with Crippen LogP contribution in [0.5, 0.6) is 0 Å². The lowest BCUT2D eigenvalue weighted by Gasteiger charge is -2.24. The summed E-state index contributed by atoms with van der Waals surface area (Å²) >= 11 is 3.94. The van der Waals surface area contributed by atoms with Crippen LogP contribution in [0.25, 0.3) is 0 Å². The predicted molar refractivity (Wildman–Crippen MR) is 106 cm³/mol. The van der Waals surface area contributed by atoms with Crippen molar-refractivity contribution in [3.05, 3.63) is 0 Å². The van der Waals surface area contributed by atoms with Crippen LogP contribution in [-0.4, -0.2) is 76.5 Å². The van der Waals surface area contributed by atoms with Crippen molar-refractivity contribution in [1.82, 2.24) is 16.0 Å². The SMILES string of the molecule is CC(NC(=O)C(CCCCN)NC(=O)C(N)CS)C(=O)NC(C(=O)O)C(C)O. The van der Waals surface area contributed by atoms with Crippen molar-refractivity contribution in [3.8, 4) is 0 Å². The molecule has 0 aliphatic carbocycles. The first-order valence-electron chi connectivity index (χ1n) is 8.93. The number of carboxylic acid groups (broad SMARTS) is 1. The minimum atomic E-state index is -1.51. The van der Waals surface area contributed by atoms with Crippen molar-refractivity contribution in [2.24, 2.45) is 11.5 Å². The molecule has 0 heterocycles. The Hall–Kier alpha value is -1.89. The first-order valence-corrected chi connectivity index (χ1v) is 9.56. The van der Waals surface area contributed by atoms with Gasteiger partial charge in [0.25, 0.3) is 0 Å². The van der Waals surface area contributed by atoms with Crippen LogP contribution < -0.4 is 27.4 Å². The topological polar surface area (TPSA) is 197 Å². The van der Waals surface area contributed by atoms with Crippen LogP contribution in [0.4, 0.5) is 0 Å². The Kier molecular flexibility index (Phi) is 12.4. The molecule has 0 aliphatic rings. The van der Waals surface area contributed by atoms with Gasteiger partial charge < -0.3 is 37.6 Å². The maximum Gasteiger partial charge on any atom is 0.328 e. The highest BCUT2D eigenvalue weighted by molar-refractivity contribution is 7.80. The number of hydrogen-bond donors (Lipinski definition) is 8. The van der Waals surface area contributed by atoms with Crippen molar-refractivity contribution in [2.75, 3.05) is 12.3 Å². The molecule has 0 aromatic heterocycles. The van der Waals surface area contributed by atoms with Gasteiger partial charge >= 0.3 is 5.97 Å². The number of aliphatic hydroxyl groups excluding tert-OH is 1. The van der Waals surface area contributed by atoms with E-state index in [0.717, 1.165) is 0 Å². The average Bonchev–Trinajstić information content (AvgIpc) is 2.63. The molecule has 0 saturated heterocycles. The number of aliphatic hydroxyl groups is 1. The fraction of sp³-hybridized carbons (Fsp3) is 0.750. The van der Waals surface area contributed by atoms with E-state index in [9.17, 15) is 24.3 Å². The molecule has 12 heteroatoms. The van der Waals surface area contributed by atoms with Crippen molar-refractivity contribution in [2.45, 2.75) is 63.4 Å². The highest BCUT2D eigenvalue weighted by atomic mass is 32.1. The Morgan fingerprint density at radius 2 is 1.61 bits per heavy atom. The molecule has 3 amide bonds. The molecule has 9 N–H and O–H groups in total. The van der Waals surface area contributed by atoms with Gasteiger partial charge in [0, 0.05) is 5.75 Å². The van der Waals surface area contributed by atoms with Gasteiger partial charge in [0.2, 0.25) is 17.7 Å². The van der Waals surface area contributed by atoms with Gasteiger partial charge in [-0.05, 0) is 39.7 Å². The number of rotatable bonds is 13. The molecule has 0 radical (unpaired) electrons. The number of unbranched alkanes of at least 4 members (excludes halogenated alkanes) is 1. The minimum absolute atomic E-state index is 0.0949. The van der Waals surface area contributed by atoms with E-state index in [2.05, 4.69) is 28.6 Å². The van der Waals surface area contributed by atoms with Crippen molar-refractivity contribution in [3.63, 3.8) is 0 Å². The largest absolute Gasteiger partial charge is 0.480 e. The molecule has 0 rings (SSSR count). The second-order valence-corrected chi connectivity index (χ2v) is 6.80. The van der Waals surface area contributed by atoms with Crippen LogP contribution in [0.3, 0.4) is 0 Å². The molecule has 0 fully saturated rings. The van der Waals surface area contributed by atoms with E-state index in [1.807, 2.05) is 0 Å². The second kappa shape index (κ2) is 13.3. The zero-order chi connectivity index (χ0) is 21.9. The maximum absolute atomic E-state index is 12.5. The van der Waals surface area contributed by atoms with Crippen molar-refractivity contribution >= 4 is 36.3 Å². The minimum Gasteiger partial charge on any atom is -0.480 e. The highest BCUT2D eigenvalue weighted by Crippen LogP contribution is 2.03. The van der Waals surface area contributed by atoms with Gasteiger partial charge in [-0.2, -0.15) is 12.6 Å². The van der Waals surface area contributed by atoms with Crippen molar-refractivity contribution < 1.29 is 29.4 Å². The van der Waals surface area contributed by atoms with E-state index in [1.54, 1.807) is 0 Å². The van der Waals surface area contributed by atoms with Gasteiger partial charge in [0.05, 0.1) is 12.1 Å². The fourth-order valence-electron chi connectivity index (χ4n) is 2.17. The molecule has 0 bridgehead atoms. The van der Waals surface area contributed by atoms with Crippen LogP contribution in [0.1, 0.15) is 33.1 Å². The molecule has 11 nitrogen and oxygen atoms in total. The fourth-order valence-corrected chi connectivity index (χ4v) is 2.34. The number of aliphatic carboxylic acids is 1. The molecule has 0 saturated carbocycles. The number of carbonyl (C=O) groups excluding carboxylic acids is 3. The highest BCUT2D eigenvalue weighted by Gasteiger charge is 2.29. The van der Waals surface area contributed by atoms with Gasteiger partial charge in [0.15, 0.2) is 6.04 Å². The third-order valence-electron chi connectivity index (χ3n) is 3.91. The molecule has 0 spiro atoms.